The van der Waals surface area contributed by atoms with E-state index in [0.29, 0.717) is 38.5 Å². The fourth-order valence-electron chi connectivity index (χ4n) is 3.65. The summed E-state index contributed by atoms with van der Waals surface area (Å²) in [5.41, 5.74) is 0.446. The molecule has 1 aromatic heterocycles. The molecule has 0 aliphatic carbocycles. The van der Waals surface area contributed by atoms with Crippen molar-refractivity contribution in [3.63, 3.8) is 0 Å². The number of pyridine rings is 1. The van der Waals surface area contributed by atoms with E-state index in [-0.39, 0.29) is 10.6 Å². The molecule has 0 spiro atoms. The van der Waals surface area contributed by atoms with Crippen molar-refractivity contribution in [3.8, 4) is 0 Å². The molecule has 1 N–H and O–H groups in total. The van der Waals surface area contributed by atoms with E-state index in [2.05, 4.69) is 19.5 Å². The highest BCUT2D eigenvalue weighted by molar-refractivity contribution is 7.92. The lowest BCUT2D eigenvalue weighted by atomic mass is 10.1. The maximum Gasteiger partial charge on any atom is 0.416 e. The zero-order valence-corrected chi connectivity index (χ0v) is 18.8. The number of alkyl halides is 3. The number of sulfonamides is 1. The van der Waals surface area contributed by atoms with Crippen molar-refractivity contribution in [1.29, 1.82) is 0 Å². The van der Waals surface area contributed by atoms with Gasteiger partial charge in [0, 0.05) is 32.7 Å². The molecule has 0 radical (unpaired) electrons. The fraction of sp³-hybridized carbons (Fsp3) is 0.261. The number of rotatable bonds is 6. The lowest BCUT2D eigenvalue weighted by Gasteiger charge is -2.35. The van der Waals surface area contributed by atoms with Crippen molar-refractivity contribution >= 4 is 21.5 Å². The van der Waals surface area contributed by atoms with Gasteiger partial charge in [-0.25, -0.2) is 17.8 Å². The Bertz CT molecular complexity index is 1210. The summed E-state index contributed by atoms with van der Waals surface area (Å²) in [7, 11) is -3.86. The highest BCUT2D eigenvalue weighted by Crippen LogP contribution is 2.29. The Morgan fingerprint density at radius 1 is 0.882 bits per heavy atom. The van der Waals surface area contributed by atoms with Crippen LogP contribution in [0.4, 0.5) is 29.1 Å². The Kier molecular flexibility index (Phi) is 6.76. The van der Waals surface area contributed by atoms with Gasteiger partial charge < -0.3 is 4.90 Å². The summed E-state index contributed by atoms with van der Waals surface area (Å²) < 4.78 is 78.4. The largest absolute Gasteiger partial charge is 0.416 e. The van der Waals surface area contributed by atoms with E-state index in [4.69, 9.17) is 0 Å². The summed E-state index contributed by atoms with van der Waals surface area (Å²) in [5, 5.41) is 0. The first-order valence-electron chi connectivity index (χ1n) is 10.5. The van der Waals surface area contributed by atoms with Crippen LogP contribution in [-0.2, 0) is 22.7 Å². The maximum absolute atomic E-state index is 13.0. The van der Waals surface area contributed by atoms with Crippen LogP contribution >= 0.6 is 0 Å². The Balaban J connectivity index is 1.31. The fourth-order valence-corrected chi connectivity index (χ4v) is 4.70. The van der Waals surface area contributed by atoms with Gasteiger partial charge in [0.1, 0.15) is 11.6 Å². The summed E-state index contributed by atoms with van der Waals surface area (Å²) in [6.07, 6.45) is -2.92. The van der Waals surface area contributed by atoms with E-state index < -0.39 is 27.6 Å². The summed E-state index contributed by atoms with van der Waals surface area (Å²) in [4.78, 5) is 8.51. The van der Waals surface area contributed by atoms with Gasteiger partial charge >= 0.3 is 6.18 Å². The molecule has 11 heteroatoms. The number of halogens is 4. The molecule has 1 aliphatic rings. The minimum Gasteiger partial charge on any atom is -0.354 e. The Labute approximate surface area is 194 Å². The molecule has 4 rings (SSSR count). The first kappa shape index (κ1) is 24.0. The van der Waals surface area contributed by atoms with Crippen molar-refractivity contribution in [2.24, 2.45) is 0 Å². The number of nitrogens with zero attached hydrogens (tertiary/aromatic N) is 3. The monoisotopic (exact) mass is 494 g/mol. The average Bonchev–Trinajstić information content (AvgIpc) is 2.80. The molecule has 0 saturated carbocycles. The van der Waals surface area contributed by atoms with Crippen LogP contribution in [0.3, 0.4) is 0 Å². The summed E-state index contributed by atoms with van der Waals surface area (Å²) >= 11 is 0. The van der Waals surface area contributed by atoms with E-state index in [1.165, 1.54) is 30.5 Å². The lowest BCUT2D eigenvalue weighted by molar-refractivity contribution is -0.137. The molecule has 180 valence electrons. The predicted molar refractivity (Wildman–Crippen MR) is 120 cm³/mol. The van der Waals surface area contributed by atoms with E-state index >= 15 is 0 Å². The molecule has 2 heterocycles. The van der Waals surface area contributed by atoms with Crippen molar-refractivity contribution in [2.75, 3.05) is 35.8 Å². The first-order valence-corrected chi connectivity index (χ1v) is 12.0. The quantitative estimate of drug-likeness (QED) is 0.516. The van der Waals surface area contributed by atoms with Gasteiger partial charge in [0.15, 0.2) is 0 Å². The summed E-state index contributed by atoms with van der Waals surface area (Å²) in [5.74, 6) is 0.170. The number of benzene rings is 2. The van der Waals surface area contributed by atoms with Crippen LogP contribution in [-0.4, -0.2) is 44.5 Å². The number of aromatic nitrogens is 1. The Morgan fingerprint density at radius 2 is 1.53 bits per heavy atom. The van der Waals surface area contributed by atoms with Crippen molar-refractivity contribution in [1.82, 2.24) is 9.88 Å². The standard InChI is InChI=1S/C23H22F4N4O2S/c24-19-5-8-21(9-6-19)34(32,33)29-20-7-10-22(28-15-20)31-13-11-30(12-14-31)16-17-1-3-18(4-2-17)23(25,26)27/h1-10,15,29H,11-14,16H2. The van der Waals surface area contributed by atoms with Crippen LogP contribution in [0, 0.1) is 5.82 Å². The van der Waals surface area contributed by atoms with Crippen LogP contribution in [0.5, 0.6) is 0 Å². The van der Waals surface area contributed by atoms with Gasteiger partial charge in [0.25, 0.3) is 10.0 Å². The van der Waals surface area contributed by atoms with Gasteiger partial charge in [-0.1, -0.05) is 12.1 Å². The minimum absolute atomic E-state index is 0.0536. The van der Waals surface area contributed by atoms with Crippen molar-refractivity contribution < 1.29 is 26.0 Å². The second-order valence-corrected chi connectivity index (χ2v) is 9.60. The maximum atomic E-state index is 13.0. The van der Waals surface area contributed by atoms with Crippen molar-refractivity contribution in [2.45, 2.75) is 17.6 Å². The molecule has 0 amide bonds. The van der Waals surface area contributed by atoms with Gasteiger partial charge in [-0.2, -0.15) is 13.2 Å². The van der Waals surface area contributed by atoms with Crippen LogP contribution in [0.1, 0.15) is 11.1 Å². The molecule has 0 bridgehead atoms. The molecule has 2 aromatic carbocycles. The zero-order valence-electron chi connectivity index (χ0n) is 18.0. The van der Waals surface area contributed by atoms with E-state index in [9.17, 15) is 26.0 Å². The van der Waals surface area contributed by atoms with Crippen LogP contribution < -0.4 is 9.62 Å². The van der Waals surface area contributed by atoms with Gasteiger partial charge in [0.05, 0.1) is 22.3 Å². The molecule has 34 heavy (non-hydrogen) atoms. The van der Waals surface area contributed by atoms with Gasteiger partial charge in [-0.05, 0) is 54.1 Å². The highest BCUT2D eigenvalue weighted by atomic mass is 32.2. The normalized spacial score (nSPS) is 15.4. The number of hydrogen-bond donors (Lipinski definition) is 1. The topological polar surface area (TPSA) is 65.5 Å². The molecular formula is C23H22F4N4O2S. The summed E-state index contributed by atoms with van der Waals surface area (Å²) in [6.45, 7) is 3.33. The molecular weight excluding hydrogens is 472 g/mol. The Hall–Kier alpha value is -3.18. The lowest BCUT2D eigenvalue weighted by Crippen LogP contribution is -2.46. The Morgan fingerprint density at radius 3 is 2.09 bits per heavy atom. The van der Waals surface area contributed by atoms with E-state index in [0.717, 1.165) is 29.8 Å². The van der Waals surface area contributed by atoms with Crippen LogP contribution in [0.25, 0.3) is 0 Å². The third kappa shape index (κ3) is 5.84. The average molecular weight is 495 g/mol. The number of hydrogen-bond acceptors (Lipinski definition) is 5. The number of piperazine rings is 1. The third-order valence-electron chi connectivity index (χ3n) is 5.51. The second-order valence-electron chi connectivity index (χ2n) is 7.92. The molecule has 1 aliphatic heterocycles. The molecule has 1 fully saturated rings. The molecule has 6 nitrogen and oxygen atoms in total. The van der Waals surface area contributed by atoms with Crippen LogP contribution in [0.15, 0.2) is 71.8 Å². The molecule has 0 unspecified atom stereocenters. The van der Waals surface area contributed by atoms with Gasteiger partial charge in [0.2, 0.25) is 0 Å². The SMILES string of the molecule is O=S(=O)(Nc1ccc(N2CCN(Cc3ccc(C(F)(F)F)cc3)CC2)nc1)c1ccc(F)cc1. The minimum atomic E-state index is -4.34. The first-order chi connectivity index (χ1) is 16.1. The molecule has 0 atom stereocenters. The highest BCUT2D eigenvalue weighted by Gasteiger charge is 2.30. The molecule has 3 aromatic rings. The van der Waals surface area contributed by atoms with Crippen molar-refractivity contribution in [3.05, 3.63) is 83.8 Å². The van der Waals surface area contributed by atoms with Gasteiger partial charge in [-0.15, -0.1) is 0 Å². The van der Waals surface area contributed by atoms with Gasteiger partial charge in [-0.3, -0.25) is 9.62 Å². The second kappa shape index (κ2) is 9.59. The van der Waals surface area contributed by atoms with E-state index in [1.54, 1.807) is 12.1 Å². The molecule has 1 saturated heterocycles. The predicted octanol–water partition coefficient (Wildman–Crippen LogP) is 4.36. The number of anilines is 2. The van der Waals surface area contributed by atoms with E-state index in [1.807, 2.05) is 0 Å². The smallest absolute Gasteiger partial charge is 0.354 e. The summed E-state index contributed by atoms with van der Waals surface area (Å²) in [6, 6.07) is 13.0. The third-order valence-corrected chi connectivity index (χ3v) is 6.90. The van der Waals surface area contributed by atoms with Crippen LogP contribution in [0.2, 0.25) is 0 Å². The zero-order chi connectivity index (χ0) is 24.3. The number of nitrogens with one attached hydrogen (secondary N) is 1.